The quantitative estimate of drug-likeness (QED) is 0.0586. The number of nitrogens with zero attached hydrogens (tertiary/aromatic N) is 1. The maximum Gasteiger partial charge on any atom is 0.336 e. The molecule has 0 aliphatic carbocycles. The van der Waals surface area contributed by atoms with E-state index in [0.29, 0.717) is 29.1 Å². The smallest absolute Gasteiger partial charge is 0.336 e. The van der Waals surface area contributed by atoms with Crippen molar-refractivity contribution in [1.29, 1.82) is 0 Å². The van der Waals surface area contributed by atoms with Gasteiger partial charge in [-0.3, -0.25) is 4.79 Å². The highest BCUT2D eigenvalue weighted by molar-refractivity contribution is 8.76. The lowest BCUT2D eigenvalue weighted by atomic mass is 10.2. The molecule has 0 radical (unpaired) electrons. The van der Waals surface area contributed by atoms with E-state index in [1.807, 2.05) is 0 Å². The molecule has 0 amide bonds. The Morgan fingerprint density at radius 2 is 1.84 bits per heavy atom. The van der Waals surface area contributed by atoms with Crippen molar-refractivity contribution < 1.29 is 29.0 Å². The fraction of sp³-hybridized carbons (Fsp3) is 0.182. The Labute approximate surface area is 193 Å². The zero-order valence-electron chi connectivity index (χ0n) is 17.0. The summed E-state index contributed by atoms with van der Waals surface area (Å²) in [6.45, 7) is 3.39. The molecule has 32 heavy (non-hydrogen) atoms. The van der Waals surface area contributed by atoms with Crippen molar-refractivity contribution in [2.75, 3.05) is 11.5 Å². The van der Waals surface area contributed by atoms with Gasteiger partial charge < -0.3 is 14.3 Å². The Bertz CT molecular complexity index is 961. The zero-order chi connectivity index (χ0) is 23.2. The number of carbonyl (C=O) groups excluding carboxylic acids is 2. The van der Waals surface area contributed by atoms with Crippen LogP contribution in [0.3, 0.4) is 0 Å². The minimum absolute atomic E-state index is 0.238. The lowest BCUT2D eigenvalue weighted by Gasteiger charge is -2.05. The topological polar surface area (TPSA) is 105 Å². The van der Waals surface area contributed by atoms with Crippen LogP contribution in [0.15, 0.2) is 67.3 Å². The van der Waals surface area contributed by atoms with Gasteiger partial charge in [0.25, 0.3) is 5.09 Å². The standard InChI is InChI=1S/C22H21NO7S2/c1-2-13-31-32-14-12-22(25)29-19-9-6-17(7-10-19)8-11-21(24)30-20-5-3-4-18(15-20)16-28-23(26)27/h2-11,15H,1,12-14,16H2/b11-8+. The fourth-order valence-electron chi connectivity index (χ4n) is 2.25. The SMILES string of the molecule is C=CCSSCCC(=O)Oc1ccc(/C=C/C(=O)Oc2cccc(CO[N+](=O)[O-])c2)cc1. The summed E-state index contributed by atoms with van der Waals surface area (Å²) in [5, 5.41) is 9.37. The molecule has 8 nitrogen and oxygen atoms in total. The average molecular weight is 476 g/mol. The molecule has 0 unspecified atom stereocenters. The molecule has 168 valence electrons. The third-order valence-electron chi connectivity index (χ3n) is 3.64. The van der Waals surface area contributed by atoms with Crippen molar-refractivity contribution in [2.45, 2.75) is 13.0 Å². The average Bonchev–Trinajstić information content (AvgIpc) is 2.77. The van der Waals surface area contributed by atoms with Crippen LogP contribution < -0.4 is 9.47 Å². The van der Waals surface area contributed by atoms with Gasteiger partial charge >= 0.3 is 11.9 Å². The maximum absolute atomic E-state index is 12.0. The van der Waals surface area contributed by atoms with Crippen molar-refractivity contribution in [3.63, 3.8) is 0 Å². The van der Waals surface area contributed by atoms with Crippen LogP contribution in [0.2, 0.25) is 0 Å². The predicted molar refractivity (Wildman–Crippen MR) is 125 cm³/mol. The summed E-state index contributed by atoms with van der Waals surface area (Å²) in [5.41, 5.74) is 1.21. The summed E-state index contributed by atoms with van der Waals surface area (Å²) in [5.74, 6) is 1.23. The van der Waals surface area contributed by atoms with E-state index in [1.54, 1.807) is 76.2 Å². The first-order valence-electron chi connectivity index (χ1n) is 9.38. The molecule has 0 fully saturated rings. The number of hydrogen-bond acceptors (Lipinski definition) is 9. The molecule has 0 aliphatic rings. The zero-order valence-corrected chi connectivity index (χ0v) is 18.6. The van der Waals surface area contributed by atoms with Crippen molar-refractivity contribution in [1.82, 2.24) is 0 Å². The first kappa shape index (κ1) is 25.0. The van der Waals surface area contributed by atoms with Crippen LogP contribution in [-0.4, -0.2) is 28.5 Å². The summed E-state index contributed by atoms with van der Waals surface area (Å²) >= 11 is 0. The minimum atomic E-state index is -0.891. The van der Waals surface area contributed by atoms with Crippen molar-refractivity contribution in [3.8, 4) is 11.5 Å². The van der Waals surface area contributed by atoms with Gasteiger partial charge in [0.05, 0.1) is 6.42 Å². The van der Waals surface area contributed by atoms with Gasteiger partial charge in [-0.15, -0.1) is 16.7 Å². The van der Waals surface area contributed by atoms with E-state index in [9.17, 15) is 19.7 Å². The van der Waals surface area contributed by atoms with Gasteiger partial charge in [0, 0.05) is 17.6 Å². The lowest BCUT2D eigenvalue weighted by molar-refractivity contribution is -0.763. The summed E-state index contributed by atoms with van der Waals surface area (Å²) in [6.07, 6.45) is 4.92. The largest absolute Gasteiger partial charge is 0.427 e. The van der Waals surface area contributed by atoms with E-state index in [-0.39, 0.29) is 18.3 Å². The first-order valence-corrected chi connectivity index (χ1v) is 11.9. The molecule has 2 rings (SSSR count). The lowest BCUT2D eigenvalue weighted by Crippen LogP contribution is -2.08. The Balaban J connectivity index is 1.80. The van der Waals surface area contributed by atoms with Crippen molar-refractivity contribution in [2.24, 2.45) is 0 Å². The van der Waals surface area contributed by atoms with E-state index in [1.165, 1.54) is 12.1 Å². The number of benzene rings is 2. The molecular weight excluding hydrogens is 454 g/mol. The van der Waals surface area contributed by atoms with Gasteiger partial charge in [-0.2, -0.15) is 0 Å². The van der Waals surface area contributed by atoms with Crippen LogP contribution in [0.4, 0.5) is 0 Å². The second kappa shape index (κ2) is 13.9. The number of esters is 2. The highest BCUT2D eigenvalue weighted by atomic mass is 33.1. The van der Waals surface area contributed by atoms with Gasteiger partial charge in [-0.25, -0.2) is 4.79 Å². The molecule has 0 saturated carbocycles. The maximum atomic E-state index is 12.0. The third kappa shape index (κ3) is 10.2. The van der Waals surface area contributed by atoms with E-state index in [0.717, 1.165) is 5.75 Å². The van der Waals surface area contributed by atoms with Crippen molar-refractivity contribution >= 4 is 39.6 Å². The minimum Gasteiger partial charge on any atom is -0.427 e. The van der Waals surface area contributed by atoms with E-state index < -0.39 is 11.1 Å². The molecule has 2 aromatic rings. The molecule has 0 atom stereocenters. The predicted octanol–water partition coefficient (Wildman–Crippen LogP) is 4.88. The van der Waals surface area contributed by atoms with E-state index >= 15 is 0 Å². The number of hydrogen-bond donors (Lipinski definition) is 0. The molecular formula is C22H21NO7S2. The number of rotatable bonds is 13. The molecule has 2 aromatic carbocycles. The van der Waals surface area contributed by atoms with E-state index in [2.05, 4.69) is 11.4 Å². The number of carbonyl (C=O) groups is 2. The Morgan fingerprint density at radius 3 is 2.56 bits per heavy atom. The first-order chi connectivity index (χ1) is 15.5. The van der Waals surface area contributed by atoms with Gasteiger partial charge in [0.2, 0.25) is 0 Å². The fourth-order valence-corrected chi connectivity index (χ4v) is 3.99. The van der Waals surface area contributed by atoms with Gasteiger partial charge in [-0.05, 0) is 41.5 Å². The molecule has 0 aliphatic heterocycles. The summed E-state index contributed by atoms with van der Waals surface area (Å²) < 4.78 is 10.5. The monoisotopic (exact) mass is 475 g/mol. The number of ether oxygens (including phenoxy) is 2. The molecule has 0 N–H and O–H groups in total. The van der Waals surface area contributed by atoms with Gasteiger partial charge in [0.1, 0.15) is 18.1 Å². The second-order valence-electron chi connectivity index (χ2n) is 6.09. The van der Waals surface area contributed by atoms with Crippen LogP contribution in [0.5, 0.6) is 11.5 Å². The molecule has 10 heteroatoms. The normalized spacial score (nSPS) is 10.5. The molecule has 0 heterocycles. The van der Waals surface area contributed by atoms with Crippen molar-refractivity contribution in [3.05, 3.63) is 88.5 Å². The second-order valence-corrected chi connectivity index (χ2v) is 8.71. The molecule has 0 spiro atoms. The summed E-state index contributed by atoms with van der Waals surface area (Å²) in [7, 11) is 3.22. The van der Waals surface area contributed by atoms with Crippen LogP contribution in [0, 0.1) is 10.1 Å². The van der Waals surface area contributed by atoms with Gasteiger partial charge in [0.15, 0.2) is 0 Å². The highest BCUT2D eigenvalue weighted by Crippen LogP contribution is 2.22. The van der Waals surface area contributed by atoms with Crippen LogP contribution in [-0.2, 0) is 21.0 Å². The molecule has 0 aromatic heterocycles. The van der Waals surface area contributed by atoms with Gasteiger partial charge in [-0.1, -0.05) is 51.9 Å². The molecule has 0 saturated heterocycles. The van der Waals surface area contributed by atoms with Crippen LogP contribution in [0.25, 0.3) is 6.08 Å². The van der Waals surface area contributed by atoms with Crippen LogP contribution in [0.1, 0.15) is 17.5 Å². The third-order valence-corrected chi connectivity index (χ3v) is 5.95. The Kier molecular flexibility index (Phi) is 10.9. The molecule has 0 bridgehead atoms. The Morgan fingerprint density at radius 1 is 1.06 bits per heavy atom. The summed E-state index contributed by atoms with van der Waals surface area (Å²) in [4.78, 5) is 38.4. The highest BCUT2D eigenvalue weighted by Gasteiger charge is 2.06. The summed E-state index contributed by atoms with van der Waals surface area (Å²) in [6, 6.07) is 12.9. The Hall–Kier alpha value is -3.24. The van der Waals surface area contributed by atoms with Crippen LogP contribution >= 0.6 is 21.6 Å². The van der Waals surface area contributed by atoms with E-state index in [4.69, 9.17) is 9.47 Å².